The Kier molecular flexibility index (Phi) is 4.23. The highest BCUT2D eigenvalue weighted by molar-refractivity contribution is 4.79. The first kappa shape index (κ1) is 11.8. The highest BCUT2D eigenvalue weighted by Gasteiger charge is 2.28. The molecule has 1 nitrogen and oxygen atoms in total. The molecule has 0 heterocycles. The summed E-state index contributed by atoms with van der Waals surface area (Å²) in [7, 11) is 0. The van der Waals surface area contributed by atoms with E-state index in [1.54, 1.807) is 0 Å². The zero-order valence-corrected chi connectivity index (χ0v) is 8.53. The number of rotatable bonds is 6. The molecule has 1 saturated carbocycles. The molecule has 0 radical (unpaired) electrons. The Morgan fingerprint density at radius 1 is 1.36 bits per heavy atom. The zero-order chi connectivity index (χ0) is 10.6. The lowest BCUT2D eigenvalue weighted by Crippen LogP contribution is -2.32. The Bertz CT molecular complexity index is 163. The average Bonchev–Trinajstić information content (AvgIpc) is 2.84. The third kappa shape index (κ3) is 5.47. The minimum atomic E-state index is -4.02. The van der Waals surface area contributed by atoms with Crippen LogP contribution in [0.2, 0.25) is 0 Å². The molecule has 0 saturated heterocycles. The van der Waals surface area contributed by atoms with Crippen LogP contribution >= 0.6 is 0 Å². The van der Waals surface area contributed by atoms with Crippen molar-refractivity contribution in [3.05, 3.63) is 0 Å². The number of nitrogens with one attached hydrogen (secondary N) is 1. The van der Waals surface area contributed by atoms with Gasteiger partial charge in [0.1, 0.15) is 0 Å². The van der Waals surface area contributed by atoms with E-state index in [0.717, 1.165) is 18.8 Å². The summed E-state index contributed by atoms with van der Waals surface area (Å²) in [5, 5.41) is 2.98. The topological polar surface area (TPSA) is 12.0 Å². The monoisotopic (exact) mass is 209 g/mol. The third-order valence-electron chi connectivity index (χ3n) is 2.65. The van der Waals surface area contributed by atoms with Gasteiger partial charge in [-0.2, -0.15) is 13.2 Å². The molecule has 1 unspecified atom stereocenters. The molecule has 84 valence electrons. The van der Waals surface area contributed by atoms with E-state index in [1.807, 2.05) is 6.92 Å². The van der Waals surface area contributed by atoms with Crippen LogP contribution in [-0.2, 0) is 0 Å². The van der Waals surface area contributed by atoms with Gasteiger partial charge in [-0.1, -0.05) is 19.8 Å². The highest BCUT2D eigenvalue weighted by atomic mass is 19.4. The van der Waals surface area contributed by atoms with E-state index in [-0.39, 0.29) is 12.6 Å². The van der Waals surface area contributed by atoms with Crippen LogP contribution in [0.4, 0.5) is 13.2 Å². The Hall–Kier alpha value is -0.250. The van der Waals surface area contributed by atoms with E-state index in [2.05, 4.69) is 5.32 Å². The van der Waals surface area contributed by atoms with E-state index in [4.69, 9.17) is 0 Å². The largest absolute Gasteiger partial charge is 0.390 e. The van der Waals surface area contributed by atoms with Crippen LogP contribution in [0, 0.1) is 5.92 Å². The van der Waals surface area contributed by atoms with Gasteiger partial charge < -0.3 is 5.32 Å². The van der Waals surface area contributed by atoms with Crippen LogP contribution < -0.4 is 5.32 Å². The van der Waals surface area contributed by atoms with Crippen molar-refractivity contribution in [3.63, 3.8) is 0 Å². The van der Waals surface area contributed by atoms with Crippen LogP contribution in [0.5, 0.6) is 0 Å². The molecule has 0 spiro atoms. The van der Waals surface area contributed by atoms with Gasteiger partial charge in [0.15, 0.2) is 0 Å². The van der Waals surface area contributed by atoms with Gasteiger partial charge in [0.2, 0.25) is 0 Å². The lowest BCUT2D eigenvalue weighted by Gasteiger charge is -2.17. The Morgan fingerprint density at radius 3 is 2.43 bits per heavy atom. The van der Waals surface area contributed by atoms with Crippen molar-refractivity contribution in [3.8, 4) is 0 Å². The standard InChI is InChI=1S/C10H18F3N/c1-2-9(7-8-3-4-8)14-6-5-10(11,12)13/h8-9,14H,2-7H2,1H3. The van der Waals surface area contributed by atoms with Crippen LogP contribution in [-0.4, -0.2) is 18.8 Å². The van der Waals surface area contributed by atoms with Crippen molar-refractivity contribution in [1.29, 1.82) is 0 Å². The molecule has 0 aromatic heterocycles. The fourth-order valence-corrected chi connectivity index (χ4v) is 1.57. The summed E-state index contributed by atoms with van der Waals surface area (Å²) in [6.07, 6.45) is -0.239. The lowest BCUT2D eigenvalue weighted by atomic mass is 10.1. The van der Waals surface area contributed by atoms with Crippen LogP contribution in [0.25, 0.3) is 0 Å². The van der Waals surface area contributed by atoms with Crippen LogP contribution in [0.15, 0.2) is 0 Å². The molecular formula is C10H18F3N. The number of hydrogen-bond acceptors (Lipinski definition) is 1. The maximum absolute atomic E-state index is 11.8. The van der Waals surface area contributed by atoms with E-state index >= 15 is 0 Å². The smallest absolute Gasteiger partial charge is 0.314 e. The summed E-state index contributed by atoms with van der Waals surface area (Å²) in [6.45, 7) is 2.09. The van der Waals surface area contributed by atoms with Crippen molar-refractivity contribution >= 4 is 0 Å². The van der Waals surface area contributed by atoms with Crippen molar-refractivity contribution in [2.24, 2.45) is 5.92 Å². The van der Waals surface area contributed by atoms with E-state index in [1.165, 1.54) is 12.8 Å². The van der Waals surface area contributed by atoms with Crippen molar-refractivity contribution in [2.75, 3.05) is 6.54 Å². The summed E-state index contributed by atoms with van der Waals surface area (Å²) in [4.78, 5) is 0. The third-order valence-corrected chi connectivity index (χ3v) is 2.65. The second-order valence-electron chi connectivity index (χ2n) is 4.10. The summed E-state index contributed by atoms with van der Waals surface area (Å²) in [6, 6.07) is 0.282. The van der Waals surface area contributed by atoms with Gasteiger partial charge in [-0.15, -0.1) is 0 Å². The highest BCUT2D eigenvalue weighted by Crippen LogP contribution is 2.34. The molecule has 4 heteroatoms. The van der Waals surface area contributed by atoms with Gasteiger partial charge in [-0.25, -0.2) is 0 Å². The van der Waals surface area contributed by atoms with E-state index in [9.17, 15) is 13.2 Å². The summed E-state index contributed by atoms with van der Waals surface area (Å²) in [5.41, 5.74) is 0. The SMILES string of the molecule is CCC(CC1CC1)NCCC(F)(F)F. The minimum Gasteiger partial charge on any atom is -0.314 e. The molecule has 14 heavy (non-hydrogen) atoms. The Balaban J connectivity index is 2.07. The van der Waals surface area contributed by atoms with Crippen molar-refractivity contribution in [2.45, 2.75) is 51.2 Å². The summed E-state index contributed by atoms with van der Waals surface area (Å²) in [5.74, 6) is 0.776. The maximum Gasteiger partial charge on any atom is 0.390 e. The number of alkyl halides is 3. The van der Waals surface area contributed by atoms with E-state index in [0.29, 0.717) is 0 Å². The molecular weight excluding hydrogens is 191 g/mol. The Morgan fingerprint density at radius 2 is 2.00 bits per heavy atom. The molecule has 0 amide bonds. The number of halogens is 3. The molecule has 1 atom stereocenters. The van der Waals surface area contributed by atoms with Gasteiger partial charge in [-0.3, -0.25) is 0 Å². The first-order valence-corrected chi connectivity index (χ1v) is 5.31. The number of hydrogen-bond donors (Lipinski definition) is 1. The Labute approximate surface area is 83.1 Å². The van der Waals surface area contributed by atoms with Gasteiger partial charge in [0.05, 0.1) is 6.42 Å². The summed E-state index contributed by atoms with van der Waals surface area (Å²) >= 11 is 0. The normalized spacial score (nSPS) is 19.7. The molecule has 1 aliphatic carbocycles. The molecule has 0 aromatic carbocycles. The fourth-order valence-electron chi connectivity index (χ4n) is 1.57. The van der Waals surface area contributed by atoms with Crippen molar-refractivity contribution in [1.82, 2.24) is 5.32 Å². The van der Waals surface area contributed by atoms with Gasteiger partial charge >= 0.3 is 6.18 Å². The molecule has 0 aromatic rings. The first-order valence-electron chi connectivity index (χ1n) is 5.31. The van der Waals surface area contributed by atoms with Gasteiger partial charge in [0, 0.05) is 12.6 Å². The second-order valence-corrected chi connectivity index (χ2v) is 4.10. The van der Waals surface area contributed by atoms with Crippen LogP contribution in [0.1, 0.15) is 39.0 Å². The zero-order valence-electron chi connectivity index (χ0n) is 8.53. The van der Waals surface area contributed by atoms with E-state index < -0.39 is 12.6 Å². The van der Waals surface area contributed by atoms with Gasteiger partial charge in [-0.05, 0) is 18.8 Å². The molecule has 0 aliphatic heterocycles. The first-order chi connectivity index (χ1) is 6.51. The fraction of sp³-hybridized carbons (Fsp3) is 1.00. The van der Waals surface area contributed by atoms with Gasteiger partial charge in [0.25, 0.3) is 0 Å². The summed E-state index contributed by atoms with van der Waals surface area (Å²) < 4.78 is 35.5. The predicted molar refractivity (Wildman–Crippen MR) is 50.1 cm³/mol. The molecule has 1 fully saturated rings. The maximum atomic E-state index is 11.8. The molecule has 1 N–H and O–H groups in total. The van der Waals surface area contributed by atoms with Crippen molar-refractivity contribution < 1.29 is 13.2 Å². The quantitative estimate of drug-likeness (QED) is 0.708. The molecule has 1 aliphatic rings. The minimum absolute atomic E-state index is 0.0642. The second kappa shape index (κ2) is 5.01. The average molecular weight is 209 g/mol. The lowest BCUT2D eigenvalue weighted by molar-refractivity contribution is -0.133. The predicted octanol–water partition coefficient (Wildman–Crippen LogP) is 3.11. The molecule has 0 bridgehead atoms. The van der Waals surface area contributed by atoms with Crippen LogP contribution in [0.3, 0.4) is 0 Å². The molecule has 1 rings (SSSR count).